The van der Waals surface area contributed by atoms with Crippen molar-refractivity contribution in [2.45, 2.75) is 11.8 Å². The standard InChI is InChI=1S/C34H26N4O4S2/c1-22-12-14-23(15-13-22)29-20-44-34(28(29)19-35)38-31(39)21-43-27-11-5-9-25(17-27)36-33(41)30(18-26-10-6-16-42-26)37-32(40)24-7-3-2-4-8-24/h2-18,20H,21H2,1H3,(H,36,41)(H,37,40)(H,38,39)/b30-18-. The van der Waals surface area contributed by atoms with Gasteiger partial charge in [-0.2, -0.15) is 5.26 Å². The molecule has 3 amide bonds. The van der Waals surface area contributed by atoms with Crippen molar-refractivity contribution in [1.82, 2.24) is 5.32 Å². The number of nitrogens with zero attached hydrogens (tertiary/aromatic N) is 1. The van der Waals surface area contributed by atoms with E-state index in [9.17, 15) is 19.6 Å². The van der Waals surface area contributed by atoms with E-state index >= 15 is 0 Å². The predicted octanol–water partition coefficient (Wildman–Crippen LogP) is 7.33. The Morgan fingerprint density at radius 1 is 0.955 bits per heavy atom. The highest BCUT2D eigenvalue weighted by molar-refractivity contribution is 8.00. The van der Waals surface area contributed by atoms with Gasteiger partial charge in [0.2, 0.25) is 5.91 Å². The number of benzene rings is 3. The number of furan rings is 1. The summed E-state index contributed by atoms with van der Waals surface area (Å²) >= 11 is 2.60. The highest BCUT2D eigenvalue weighted by atomic mass is 32.2. The molecule has 8 nitrogen and oxygen atoms in total. The van der Waals surface area contributed by atoms with Crippen LogP contribution in [0.15, 0.2) is 118 Å². The fraction of sp³-hybridized carbons (Fsp3) is 0.0588. The summed E-state index contributed by atoms with van der Waals surface area (Å²) < 4.78 is 5.34. The Bertz CT molecular complexity index is 1860. The van der Waals surface area contributed by atoms with E-state index in [0.29, 0.717) is 27.6 Å². The average Bonchev–Trinajstić information content (AvgIpc) is 3.70. The molecule has 2 aromatic heterocycles. The molecule has 0 atom stereocenters. The quantitative estimate of drug-likeness (QED) is 0.111. The second kappa shape index (κ2) is 14.2. The van der Waals surface area contributed by atoms with Crippen LogP contribution in [0.1, 0.15) is 27.2 Å². The molecule has 0 fully saturated rings. The Labute approximate surface area is 262 Å². The first-order chi connectivity index (χ1) is 21.4. The van der Waals surface area contributed by atoms with Gasteiger partial charge in [0.25, 0.3) is 11.8 Å². The molecule has 0 radical (unpaired) electrons. The maximum Gasteiger partial charge on any atom is 0.272 e. The fourth-order valence-corrected chi connectivity index (χ4v) is 5.83. The number of amides is 3. The van der Waals surface area contributed by atoms with Crippen molar-refractivity contribution < 1.29 is 18.8 Å². The third-order valence-electron chi connectivity index (χ3n) is 6.34. The zero-order chi connectivity index (χ0) is 30.9. The number of aryl methyl sites for hydroxylation is 1. The Morgan fingerprint density at radius 3 is 2.48 bits per heavy atom. The van der Waals surface area contributed by atoms with Gasteiger partial charge in [0.1, 0.15) is 22.5 Å². The molecule has 3 aromatic carbocycles. The molecular formula is C34H26N4O4S2. The summed E-state index contributed by atoms with van der Waals surface area (Å²) in [6.45, 7) is 2.00. The summed E-state index contributed by atoms with van der Waals surface area (Å²) in [5.41, 5.74) is 4.13. The van der Waals surface area contributed by atoms with Crippen LogP contribution in [0.4, 0.5) is 10.7 Å². The van der Waals surface area contributed by atoms with E-state index in [1.807, 2.05) is 42.6 Å². The molecule has 0 spiro atoms. The van der Waals surface area contributed by atoms with Crippen LogP contribution >= 0.6 is 23.1 Å². The van der Waals surface area contributed by atoms with E-state index < -0.39 is 11.8 Å². The van der Waals surface area contributed by atoms with Crippen LogP contribution < -0.4 is 16.0 Å². The maximum atomic E-state index is 13.2. The molecule has 5 rings (SSSR count). The molecule has 0 aliphatic carbocycles. The fourth-order valence-electron chi connectivity index (χ4n) is 4.14. The molecule has 0 saturated carbocycles. The van der Waals surface area contributed by atoms with Gasteiger partial charge in [-0.3, -0.25) is 14.4 Å². The molecule has 218 valence electrons. The van der Waals surface area contributed by atoms with Crippen LogP contribution in [0.3, 0.4) is 0 Å². The van der Waals surface area contributed by atoms with Gasteiger partial charge in [-0.05, 0) is 55.0 Å². The van der Waals surface area contributed by atoms with Crippen LogP contribution in [0.25, 0.3) is 17.2 Å². The number of rotatable bonds is 10. The first-order valence-corrected chi connectivity index (χ1v) is 15.3. The van der Waals surface area contributed by atoms with Crippen LogP contribution in [0.5, 0.6) is 0 Å². The van der Waals surface area contributed by atoms with Gasteiger partial charge >= 0.3 is 0 Å². The number of carbonyl (C=O) groups is 3. The lowest BCUT2D eigenvalue weighted by molar-refractivity contribution is -0.114. The molecule has 3 N–H and O–H groups in total. The number of thioether (sulfide) groups is 1. The SMILES string of the molecule is Cc1ccc(-c2csc(NC(=O)CSc3cccc(NC(=O)/C(=C/c4ccco4)NC(=O)c4ccccc4)c3)c2C#N)cc1. The normalized spacial score (nSPS) is 11.0. The minimum absolute atomic E-state index is 0.000452. The van der Waals surface area contributed by atoms with Crippen LogP contribution in [0.2, 0.25) is 0 Å². The molecule has 0 saturated heterocycles. The second-order valence-electron chi connectivity index (χ2n) is 9.54. The lowest BCUT2D eigenvalue weighted by Crippen LogP contribution is -2.30. The van der Waals surface area contributed by atoms with Gasteiger partial charge in [0.05, 0.1) is 17.6 Å². The summed E-state index contributed by atoms with van der Waals surface area (Å²) in [6.07, 6.45) is 2.92. The van der Waals surface area contributed by atoms with Gasteiger partial charge in [-0.25, -0.2) is 0 Å². The van der Waals surface area contributed by atoms with Gasteiger partial charge in [0.15, 0.2) is 0 Å². The number of thiophene rings is 1. The number of anilines is 2. The van der Waals surface area contributed by atoms with Crippen LogP contribution in [-0.2, 0) is 9.59 Å². The van der Waals surface area contributed by atoms with Crippen molar-refractivity contribution in [3.8, 4) is 17.2 Å². The van der Waals surface area contributed by atoms with Crippen molar-refractivity contribution >= 4 is 57.6 Å². The van der Waals surface area contributed by atoms with E-state index in [2.05, 4.69) is 22.0 Å². The number of hydrogen-bond donors (Lipinski definition) is 3. The topological polar surface area (TPSA) is 124 Å². The van der Waals surface area contributed by atoms with Gasteiger partial charge in [-0.1, -0.05) is 54.1 Å². The van der Waals surface area contributed by atoms with E-state index in [0.717, 1.165) is 21.6 Å². The van der Waals surface area contributed by atoms with Crippen molar-refractivity contribution in [3.63, 3.8) is 0 Å². The summed E-state index contributed by atoms with van der Waals surface area (Å²) in [7, 11) is 0. The van der Waals surface area contributed by atoms with Crippen LogP contribution in [0, 0.1) is 18.3 Å². The Morgan fingerprint density at radius 2 is 1.75 bits per heavy atom. The first kappa shape index (κ1) is 30.1. The van der Waals surface area contributed by atoms with Gasteiger partial charge in [0, 0.05) is 33.2 Å². The zero-order valence-corrected chi connectivity index (χ0v) is 25.1. The van der Waals surface area contributed by atoms with Gasteiger partial charge < -0.3 is 20.4 Å². The van der Waals surface area contributed by atoms with E-state index in [-0.39, 0.29) is 17.4 Å². The molecule has 2 heterocycles. The van der Waals surface area contributed by atoms with E-state index in [4.69, 9.17) is 4.42 Å². The summed E-state index contributed by atoms with van der Waals surface area (Å²) in [4.78, 5) is 39.6. The largest absolute Gasteiger partial charge is 0.465 e. The highest BCUT2D eigenvalue weighted by Crippen LogP contribution is 2.35. The predicted molar refractivity (Wildman–Crippen MR) is 174 cm³/mol. The molecule has 0 bridgehead atoms. The number of nitrogens with one attached hydrogen (secondary N) is 3. The lowest BCUT2D eigenvalue weighted by Gasteiger charge is -2.12. The van der Waals surface area contributed by atoms with Crippen molar-refractivity contribution in [2.24, 2.45) is 0 Å². The van der Waals surface area contributed by atoms with Crippen molar-refractivity contribution in [2.75, 3.05) is 16.4 Å². The number of nitriles is 1. The highest BCUT2D eigenvalue weighted by Gasteiger charge is 2.17. The van der Waals surface area contributed by atoms with Crippen molar-refractivity contribution in [1.29, 1.82) is 5.26 Å². The molecule has 10 heteroatoms. The van der Waals surface area contributed by atoms with E-state index in [1.165, 1.54) is 35.4 Å². The summed E-state index contributed by atoms with van der Waals surface area (Å²) in [5, 5.41) is 20.5. The Hall–Kier alpha value is -5.37. The number of carbonyl (C=O) groups excluding carboxylic acids is 3. The smallest absolute Gasteiger partial charge is 0.272 e. The molecule has 0 aliphatic rings. The summed E-state index contributed by atoms with van der Waals surface area (Å²) in [5.74, 6) is -0.751. The van der Waals surface area contributed by atoms with E-state index in [1.54, 1.807) is 60.7 Å². The Balaban J connectivity index is 1.22. The summed E-state index contributed by atoms with van der Waals surface area (Å²) in [6, 6.07) is 29.0. The second-order valence-corrected chi connectivity index (χ2v) is 11.5. The third-order valence-corrected chi connectivity index (χ3v) is 8.23. The van der Waals surface area contributed by atoms with Gasteiger partial charge in [-0.15, -0.1) is 23.1 Å². The first-order valence-electron chi connectivity index (χ1n) is 13.4. The van der Waals surface area contributed by atoms with Crippen molar-refractivity contribution in [3.05, 3.63) is 131 Å². The maximum absolute atomic E-state index is 13.2. The monoisotopic (exact) mass is 618 g/mol. The molecule has 5 aromatic rings. The minimum atomic E-state index is -0.545. The molecule has 44 heavy (non-hydrogen) atoms. The zero-order valence-electron chi connectivity index (χ0n) is 23.5. The molecule has 0 unspecified atom stereocenters. The van der Waals surface area contributed by atoms with Crippen LogP contribution in [-0.4, -0.2) is 23.5 Å². The number of hydrogen-bond acceptors (Lipinski definition) is 7. The molecule has 0 aliphatic heterocycles. The third kappa shape index (κ3) is 7.72. The minimum Gasteiger partial charge on any atom is -0.465 e. The average molecular weight is 619 g/mol. The lowest BCUT2D eigenvalue weighted by atomic mass is 10.0. The molecular weight excluding hydrogens is 593 g/mol. The Kier molecular flexibility index (Phi) is 9.71.